The van der Waals surface area contributed by atoms with Gasteiger partial charge in [-0.05, 0) is 68.3 Å². The molecule has 0 unspecified atom stereocenters. The van der Waals surface area contributed by atoms with Crippen molar-refractivity contribution >= 4 is 86.7 Å². The summed E-state index contributed by atoms with van der Waals surface area (Å²) in [4.78, 5) is 2.79. The van der Waals surface area contributed by atoms with Gasteiger partial charge >= 0.3 is 0 Å². The van der Waals surface area contributed by atoms with E-state index in [2.05, 4.69) is 199 Å². The number of hydrogen-bond acceptors (Lipinski definition) is 1. The van der Waals surface area contributed by atoms with Crippen molar-refractivity contribution in [2.24, 2.45) is 0 Å². The lowest BCUT2D eigenvalue weighted by molar-refractivity contribution is 1.18. The summed E-state index contributed by atoms with van der Waals surface area (Å²) in [5.74, 6) is 0. The molecule has 0 amide bonds. The number of aromatic nitrogens is 1. The Kier molecular flexibility index (Phi) is 6.75. The Balaban J connectivity index is 1.16. The first kappa shape index (κ1) is 30.0. The van der Waals surface area contributed by atoms with Gasteiger partial charge < -0.3 is 4.57 Å². The van der Waals surface area contributed by atoms with Crippen LogP contribution in [0, 0.1) is 0 Å². The Morgan fingerprint density at radius 3 is 1.60 bits per heavy atom. The molecule has 0 aliphatic carbocycles. The summed E-state index contributed by atoms with van der Waals surface area (Å²) in [6.07, 6.45) is 0. The lowest BCUT2D eigenvalue weighted by Gasteiger charge is -2.46. The smallest absolute Gasteiger partial charge is 0.181 e. The van der Waals surface area contributed by atoms with Crippen molar-refractivity contribution in [1.82, 2.24) is 4.57 Å². The highest BCUT2D eigenvalue weighted by Gasteiger charge is 2.53. The largest absolute Gasteiger partial charge is 0.309 e. The molecule has 0 bridgehead atoms. The first-order chi connectivity index (χ1) is 25.8. The number of hydrogen-bond donors (Lipinski definition) is 0. The van der Waals surface area contributed by atoms with Crippen molar-refractivity contribution in [2.45, 2.75) is 9.79 Å². The summed E-state index contributed by atoms with van der Waals surface area (Å²) in [7, 11) is -3.97. The molecular formula is C48H32NSSi2. The van der Waals surface area contributed by atoms with Gasteiger partial charge in [-0.2, -0.15) is 0 Å². The molecule has 4 heteroatoms. The monoisotopic (exact) mass is 710 g/mol. The molecule has 8 aromatic carbocycles. The van der Waals surface area contributed by atoms with Crippen LogP contribution in [0.1, 0.15) is 0 Å². The van der Waals surface area contributed by atoms with E-state index in [0.29, 0.717) is 0 Å². The Hall–Kier alpha value is -5.66. The first-order valence-corrected chi connectivity index (χ1v) is 22.3. The second-order valence-electron chi connectivity index (χ2n) is 13.8. The molecule has 0 saturated carbocycles. The van der Waals surface area contributed by atoms with Gasteiger partial charge in [-0.25, -0.2) is 0 Å². The molecule has 11 rings (SSSR count). The van der Waals surface area contributed by atoms with Crippen LogP contribution < -0.4 is 36.3 Å². The van der Waals surface area contributed by atoms with Gasteiger partial charge in [-0.3, -0.25) is 0 Å². The van der Waals surface area contributed by atoms with Crippen LogP contribution in [0.25, 0.3) is 38.6 Å². The molecule has 0 saturated heterocycles. The van der Waals surface area contributed by atoms with Gasteiger partial charge in [0.1, 0.15) is 0 Å². The fraction of sp³-hybridized carbons (Fsp3) is 0. The fourth-order valence-corrected chi connectivity index (χ4v) is 20.7. The number of benzene rings is 8. The van der Waals surface area contributed by atoms with Crippen LogP contribution in [0.2, 0.25) is 0 Å². The molecule has 0 N–H and O–H groups in total. The van der Waals surface area contributed by atoms with Crippen molar-refractivity contribution in [2.75, 3.05) is 0 Å². The fourth-order valence-electron chi connectivity index (χ4n) is 9.06. The lowest BCUT2D eigenvalue weighted by atomic mass is 10.1. The molecule has 3 heterocycles. The molecule has 52 heavy (non-hydrogen) atoms. The lowest BCUT2D eigenvalue weighted by Crippen LogP contribution is -2.87. The third-order valence-corrected chi connectivity index (χ3v) is 21.0. The molecule has 0 atom stereocenters. The van der Waals surface area contributed by atoms with Crippen LogP contribution in [-0.2, 0) is 0 Å². The topological polar surface area (TPSA) is 4.93 Å². The van der Waals surface area contributed by atoms with Crippen molar-refractivity contribution in [3.05, 3.63) is 194 Å². The minimum atomic E-state index is -2.71. The highest BCUT2D eigenvalue weighted by molar-refractivity contribution is 8.00. The maximum absolute atomic E-state index is 2.71. The second kappa shape index (κ2) is 11.7. The molecule has 2 aliphatic heterocycles. The zero-order chi connectivity index (χ0) is 34.2. The van der Waals surface area contributed by atoms with Gasteiger partial charge in [-0.15, -0.1) is 0 Å². The molecule has 1 aromatic heterocycles. The van der Waals surface area contributed by atoms with Crippen LogP contribution in [0.15, 0.2) is 204 Å². The van der Waals surface area contributed by atoms with Crippen LogP contribution in [0.3, 0.4) is 0 Å². The predicted molar refractivity (Wildman–Crippen MR) is 225 cm³/mol. The van der Waals surface area contributed by atoms with Gasteiger partial charge in [-0.1, -0.05) is 185 Å². The van der Waals surface area contributed by atoms with Gasteiger partial charge in [0.25, 0.3) is 0 Å². The molecule has 0 fully saturated rings. The van der Waals surface area contributed by atoms with E-state index in [0.717, 1.165) is 0 Å². The van der Waals surface area contributed by atoms with E-state index in [1.807, 2.05) is 11.8 Å². The van der Waals surface area contributed by atoms with E-state index in [-0.39, 0.29) is 0 Å². The number of rotatable bonds is 3. The Morgan fingerprint density at radius 2 is 0.923 bits per heavy atom. The summed E-state index contributed by atoms with van der Waals surface area (Å²) >= 11 is 1.94. The SMILES string of the molecule is c1ccc([Si]2c3ccccc3[Si]3(c4ccccc4Sc4ccccc43)c3cc(-c4ccc(-n5c6ccccc6c6ccccc65)cc4)ccc32)cc1. The highest BCUT2D eigenvalue weighted by atomic mass is 32.2. The predicted octanol–water partition coefficient (Wildman–Crippen LogP) is 7.12. The van der Waals surface area contributed by atoms with Gasteiger partial charge in [0, 0.05) is 26.3 Å². The second-order valence-corrected chi connectivity index (χ2v) is 21.0. The Labute approximate surface area is 310 Å². The van der Waals surface area contributed by atoms with E-state index < -0.39 is 16.9 Å². The minimum Gasteiger partial charge on any atom is -0.309 e. The zero-order valence-corrected chi connectivity index (χ0v) is 31.1. The molecule has 9 aromatic rings. The molecule has 1 radical (unpaired) electrons. The minimum absolute atomic E-state index is 1.18. The number of nitrogens with zero attached hydrogens (tertiary/aromatic N) is 1. The van der Waals surface area contributed by atoms with Gasteiger partial charge in [0.2, 0.25) is 0 Å². The van der Waals surface area contributed by atoms with Crippen LogP contribution in [-0.4, -0.2) is 21.4 Å². The summed E-state index contributed by atoms with van der Waals surface area (Å²) in [5, 5.41) is 13.2. The van der Waals surface area contributed by atoms with Crippen molar-refractivity contribution in [3.8, 4) is 16.8 Å². The summed E-state index contributed by atoms with van der Waals surface area (Å²) < 4.78 is 2.41. The third kappa shape index (κ3) is 4.23. The summed E-state index contributed by atoms with van der Waals surface area (Å²) in [6, 6.07) is 73.6. The quantitative estimate of drug-likeness (QED) is 0.177. The molecule has 1 nitrogen and oxygen atoms in total. The third-order valence-electron chi connectivity index (χ3n) is 11.2. The van der Waals surface area contributed by atoms with Crippen molar-refractivity contribution < 1.29 is 0 Å². The zero-order valence-electron chi connectivity index (χ0n) is 28.3. The summed E-state index contributed by atoms with van der Waals surface area (Å²) in [5.41, 5.74) is 6.18. The highest BCUT2D eigenvalue weighted by Crippen LogP contribution is 2.35. The number of para-hydroxylation sites is 2. The average molecular weight is 711 g/mol. The Bertz CT molecular complexity index is 2740. The molecular weight excluding hydrogens is 679 g/mol. The van der Waals surface area contributed by atoms with Crippen LogP contribution in [0.4, 0.5) is 0 Å². The van der Waals surface area contributed by atoms with E-state index in [1.165, 1.54) is 74.3 Å². The van der Waals surface area contributed by atoms with Crippen molar-refractivity contribution in [1.29, 1.82) is 0 Å². The van der Waals surface area contributed by atoms with E-state index in [1.54, 1.807) is 10.4 Å². The van der Waals surface area contributed by atoms with E-state index in [9.17, 15) is 0 Å². The van der Waals surface area contributed by atoms with Gasteiger partial charge in [0.05, 0.1) is 11.0 Å². The normalized spacial score (nSPS) is 14.2. The van der Waals surface area contributed by atoms with Crippen molar-refractivity contribution in [3.63, 3.8) is 0 Å². The molecule has 2 aliphatic rings. The number of fused-ring (bicyclic) bond motifs is 11. The van der Waals surface area contributed by atoms with E-state index >= 15 is 0 Å². The Morgan fingerprint density at radius 1 is 0.404 bits per heavy atom. The molecule has 243 valence electrons. The summed E-state index contributed by atoms with van der Waals surface area (Å²) in [6.45, 7) is 0. The maximum Gasteiger partial charge on any atom is 0.181 e. The van der Waals surface area contributed by atoms with E-state index in [4.69, 9.17) is 0 Å². The molecule has 1 spiro atoms. The standard InChI is InChI=1S/C48H32NSSi2/c1-2-14-36(15-3-1)51-43-22-10-13-25-47(43)52(45-23-11-8-20-41(45)50-42-21-9-12-24-46(42)52)48-32-34(28-31-44(48)51)33-26-29-35(30-27-33)49-39-18-6-4-16-37(39)38-17-5-7-19-40(38)49/h1-32H. The van der Waals surface area contributed by atoms with Crippen LogP contribution in [0.5, 0.6) is 0 Å². The van der Waals surface area contributed by atoms with Crippen LogP contribution >= 0.6 is 11.8 Å². The van der Waals surface area contributed by atoms with Gasteiger partial charge in [0.15, 0.2) is 16.9 Å². The first-order valence-electron chi connectivity index (χ1n) is 17.9. The average Bonchev–Trinajstić information content (AvgIpc) is 3.55. The maximum atomic E-state index is 2.60.